The molecular formula is C12H6ClF3N2. The van der Waals surface area contributed by atoms with Crippen LogP contribution in [0, 0.1) is 6.57 Å². The maximum absolute atomic E-state index is 12.5. The van der Waals surface area contributed by atoms with Crippen molar-refractivity contribution in [1.82, 2.24) is 4.98 Å². The Morgan fingerprint density at radius 1 is 1.17 bits per heavy atom. The molecule has 1 aromatic heterocycles. The van der Waals surface area contributed by atoms with Crippen LogP contribution in [0.1, 0.15) is 5.69 Å². The number of aromatic nitrogens is 1. The lowest BCUT2D eigenvalue weighted by molar-refractivity contribution is -0.140. The largest absolute Gasteiger partial charge is 0.429 e. The molecule has 1 heterocycles. The van der Waals surface area contributed by atoms with E-state index in [1.807, 2.05) is 0 Å². The first kappa shape index (κ1) is 12.5. The Morgan fingerprint density at radius 3 is 2.28 bits per heavy atom. The first-order chi connectivity index (χ1) is 8.41. The molecule has 0 saturated heterocycles. The number of nitrogens with one attached hydrogen (secondary N) is 1. The quantitative estimate of drug-likeness (QED) is 0.711. The van der Waals surface area contributed by atoms with Gasteiger partial charge in [-0.2, -0.15) is 13.2 Å². The predicted octanol–water partition coefficient (Wildman–Crippen LogP) is 4.90. The molecule has 0 aliphatic rings. The molecule has 1 N–H and O–H groups in total. The standard InChI is InChI=1S/C12H6ClF3N2/c1-17-9-6-10(12(14,15)16)18-11(9)7-2-4-8(13)5-3-7/h2-6,18H. The summed E-state index contributed by atoms with van der Waals surface area (Å²) in [5, 5.41) is 0.478. The van der Waals surface area contributed by atoms with Crippen LogP contribution in [0.2, 0.25) is 5.02 Å². The number of alkyl halides is 3. The summed E-state index contributed by atoms with van der Waals surface area (Å²) in [6.45, 7) is 6.91. The molecule has 92 valence electrons. The van der Waals surface area contributed by atoms with Crippen molar-refractivity contribution in [1.29, 1.82) is 0 Å². The zero-order chi connectivity index (χ0) is 13.3. The summed E-state index contributed by atoms with van der Waals surface area (Å²) >= 11 is 5.70. The van der Waals surface area contributed by atoms with Gasteiger partial charge in [-0.1, -0.05) is 23.7 Å². The van der Waals surface area contributed by atoms with Gasteiger partial charge in [0.1, 0.15) is 5.69 Å². The van der Waals surface area contributed by atoms with E-state index in [0.29, 0.717) is 10.6 Å². The molecule has 6 heteroatoms. The van der Waals surface area contributed by atoms with Crippen LogP contribution in [0.25, 0.3) is 16.1 Å². The molecule has 0 saturated carbocycles. The Bertz CT molecular complexity index is 606. The van der Waals surface area contributed by atoms with Crippen molar-refractivity contribution >= 4 is 17.3 Å². The third-order valence-corrected chi connectivity index (χ3v) is 2.61. The van der Waals surface area contributed by atoms with Crippen LogP contribution in [0.5, 0.6) is 0 Å². The van der Waals surface area contributed by atoms with Gasteiger partial charge in [0.25, 0.3) is 0 Å². The number of H-pyrrole nitrogens is 1. The molecule has 2 aromatic rings. The number of benzene rings is 1. The monoisotopic (exact) mass is 270 g/mol. The molecule has 1 aromatic carbocycles. The summed E-state index contributed by atoms with van der Waals surface area (Å²) in [5.41, 5.74) is -0.363. The Hall–Kier alpha value is -1.93. The lowest BCUT2D eigenvalue weighted by atomic mass is 10.1. The first-order valence-electron chi connectivity index (χ1n) is 4.85. The summed E-state index contributed by atoms with van der Waals surface area (Å²) < 4.78 is 37.6. The van der Waals surface area contributed by atoms with Gasteiger partial charge in [0.15, 0.2) is 0 Å². The van der Waals surface area contributed by atoms with Crippen molar-refractivity contribution in [3.8, 4) is 11.3 Å². The Labute approximate surface area is 106 Å². The van der Waals surface area contributed by atoms with Crippen LogP contribution in [0.15, 0.2) is 30.3 Å². The molecule has 0 aliphatic carbocycles. The molecule has 2 nitrogen and oxygen atoms in total. The van der Waals surface area contributed by atoms with Crippen molar-refractivity contribution in [3.63, 3.8) is 0 Å². The van der Waals surface area contributed by atoms with E-state index >= 15 is 0 Å². The fourth-order valence-corrected chi connectivity index (χ4v) is 1.65. The van der Waals surface area contributed by atoms with Gasteiger partial charge in [-0.05, 0) is 23.8 Å². The van der Waals surface area contributed by atoms with Gasteiger partial charge in [0, 0.05) is 5.02 Å². The Morgan fingerprint density at radius 2 is 1.78 bits per heavy atom. The van der Waals surface area contributed by atoms with Gasteiger partial charge in [-0.25, -0.2) is 4.85 Å². The van der Waals surface area contributed by atoms with Gasteiger partial charge in [0.05, 0.1) is 12.3 Å². The number of rotatable bonds is 1. The Balaban J connectivity index is 2.54. The molecule has 0 unspecified atom stereocenters. The van der Waals surface area contributed by atoms with Crippen LogP contribution in [0.4, 0.5) is 18.9 Å². The highest BCUT2D eigenvalue weighted by Gasteiger charge is 2.33. The summed E-state index contributed by atoms with van der Waals surface area (Å²) in [6, 6.07) is 7.03. The highest BCUT2D eigenvalue weighted by atomic mass is 35.5. The van der Waals surface area contributed by atoms with Crippen LogP contribution in [0.3, 0.4) is 0 Å². The van der Waals surface area contributed by atoms with Crippen LogP contribution >= 0.6 is 11.6 Å². The van der Waals surface area contributed by atoms with E-state index in [1.165, 1.54) is 0 Å². The lowest BCUT2D eigenvalue weighted by Crippen LogP contribution is -2.04. The number of halogens is 4. The average Bonchev–Trinajstić information content (AvgIpc) is 2.73. The van der Waals surface area contributed by atoms with Crippen LogP contribution < -0.4 is 0 Å². The first-order valence-corrected chi connectivity index (χ1v) is 5.23. The zero-order valence-corrected chi connectivity index (χ0v) is 9.60. The van der Waals surface area contributed by atoms with Gasteiger partial charge in [-0.15, -0.1) is 0 Å². The molecule has 18 heavy (non-hydrogen) atoms. The zero-order valence-electron chi connectivity index (χ0n) is 8.85. The van der Waals surface area contributed by atoms with E-state index in [9.17, 15) is 13.2 Å². The topological polar surface area (TPSA) is 20.1 Å². The van der Waals surface area contributed by atoms with Gasteiger partial charge < -0.3 is 4.98 Å². The maximum atomic E-state index is 12.5. The van der Waals surface area contributed by atoms with Gasteiger partial charge in [-0.3, -0.25) is 0 Å². The fraction of sp³-hybridized carbons (Fsp3) is 0.0833. The number of hydrogen-bond donors (Lipinski definition) is 1. The average molecular weight is 271 g/mol. The fourth-order valence-electron chi connectivity index (χ4n) is 1.52. The molecule has 0 amide bonds. The van der Waals surface area contributed by atoms with E-state index in [4.69, 9.17) is 18.2 Å². The summed E-state index contributed by atoms with van der Waals surface area (Å²) in [6.07, 6.45) is -4.50. The SMILES string of the molecule is [C-]#[N+]c1cc(C(F)(F)F)[nH]c1-c1ccc(Cl)cc1. The van der Waals surface area contributed by atoms with Crippen molar-refractivity contribution in [2.75, 3.05) is 0 Å². The molecule has 0 aliphatic heterocycles. The molecule has 0 fully saturated rings. The second-order valence-electron chi connectivity index (χ2n) is 3.56. The molecule has 2 rings (SSSR count). The van der Waals surface area contributed by atoms with E-state index in [0.717, 1.165) is 6.07 Å². The summed E-state index contributed by atoms with van der Waals surface area (Å²) in [7, 11) is 0. The minimum Gasteiger partial charge on any atom is -0.361 e. The van der Waals surface area contributed by atoms with Crippen molar-refractivity contribution in [2.45, 2.75) is 6.18 Å². The number of aromatic amines is 1. The number of nitrogens with zero attached hydrogens (tertiary/aromatic N) is 1. The summed E-state index contributed by atoms with van der Waals surface area (Å²) in [4.78, 5) is 5.32. The lowest BCUT2D eigenvalue weighted by Gasteiger charge is -2.03. The van der Waals surface area contributed by atoms with Crippen molar-refractivity contribution < 1.29 is 13.2 Å². The van der Waals surface area contributed by atoms with Crippen LogP contribution in [-0.4, -0.2) is 4.98 Å². The molecule has 0 bridgehead atoms. The predicted molar refractivity (Wildman–Crippen MR) is 62.5 cm³/mol. The second kappa shape index (κ2) is 4.39. The number of hydrogen-bond acceptors (Lipinski definition) is 0. The van der Waals surface area contributed by atoms with E-state index in [1.54, 1.807) is 24.3 Å². The van der Waals surface area contributed by atoms with Crippen LogP contribution in [-0.2, 0) is 6.18 Å². The van der Waals surface area contributed by atoms with Crippen molar-refractivity contribution in [3.05, 3.63) is 52.5 Å². The molecular weight excluding hydrogens is 265 g/mol. The smallest absolute Gasteiger partial charge is 0.361 e. The minimum absolute atomic E-state index is 0.0651. The molecule has 0 spiro atoms. The molecule has 0 radical (unpaired) electrons. The summed E-state index contributed by atoms with van der Waals surface area (Å²) in [5.74, 6) is 0. The Kier molecular flexibility index (Phi) is 3.05. The second-order valence-corrected chi connectivity index (χ2v) is 4.00. The minimum atomic E-state index is -4.50. The third kappa shape index (κ3) is 2.34. The van der Waals surface area contributed by atoms with Crippen molar-refractivity contribution in [2.24, 2.45) is 0 Å². The van der Waals surface area contributed by atoms with E-state index in [-0.39, 0.29) is 11.4 Å². The van der Waals surface area contributed by atoms with Gasteiger partial charge in [0.2, 0.25) is 5.69 Å². The highest BCUT2D eigenvalue weighted by molar-refractivity contribution is 6.30. The highest BCUT2D eigenvalue weighted by Crippen LogP contribution is 2.37. The van der Waals surface area contributed by atoms with E-state index < -0.39 is 11.9 Å². The van der Waals surface area contributed by atoms with Gasteiger partial charge >= 0.3 is 6.18 Å². The third-order valence-electron chi connectivity index (χ3n) is 2.36. The normalized spacial score (nSPS) is 11.3. The van der Waals surface area contributed by atoms with E-state index in [2.05, 4.69) is 9.83 Å². The molecule has 0 atom stereocenters. The maximum Gasteiger partial charge on any atom is 0.429 e.